The number of hydrogen-bond donors (Lipinski definition) is 15. The van der Waals surface area contributed by atoms with E-state index in [-0.39, 0.29) is 75.0 Å². The molecular weight excluding hydrogens is 1040 g/mol. The minimum absolute atomic E-state index is 0.0138. The van der Waals surface area contributed by atoms with Crippen LogP contribution in [-0.2, 0) is 62.4 Å². The van der Waals surface area contributed by atoms with Crippen molar-refractivity contribution in [3.63, 3.8) is 0 Å². The average molecular weight is 1120 g/mol. The van der Waals surface area contributed by atoms with E-state index in [0.717, 1.165) is 22.9 Å². The zero-order valence-electron chi connectivity index (χ0n) is 44.0. The van der Waals surface area contributed by atoms with Gasteiger partial charge in [-0.15, -0.1) is 0 Å². The third-order valence-corrected chi connectivity index (χ3v) is 13.2. The molecule has 4 rings (SSSR count). The van der Waals surface area contributed by atoms with Crippen LogP contribution in [0.2, 0.25) is 0 Å². The van der Waals surface area contributed by atoms with Crippen LogP contribution in [0.4, 0.5) is 0 Å². The monoisotopic (exact) mass is 1120 g/mol. The van der Waals surface area contributed by atoms with Gasteiger partial charge in [0, 0.05) is 86.2 Å². The first-order chi connectivity index (χ1) is 37.4. The molecule has 0 aliphatic heterocycles. The maximum atomic E-state index is 14.7. The van der Waals surface area contributed by atoms with Crippen LogP contribution >= 0.6 is 25.3 Å². The van der Waals surface area contributed by atoms with Crippen molar-refractivity contribution in [1.29, 1.82) is 0 Å². The van der Waals surface area contributed by atoms with E-state index in [0.29, 0.717) is 43.4 Å². The molecule has 0 fully saturated rings. The van der Waals surface area contributed by atoms with Gasteiger partial charge in [0.25, 0.3) is 0 Å². The number of aromatic amines is 2. The van der Waals surface area contributed by atoms with Crippen LogP contribution < -0.4 is 59.7 Å². The number of fused-ring (bicyclic) bond motifs is 1. The predicted molar refractivity (Wildman–Crippen MR) is 301 cm³/mol. The molecule has 2 aromatic heterocycles. The van der Waals surface area contributed by atoms with Crippen LogP contribution in [0.5, 0.6) is 0 Å². The largest absolute Gasteiger partial charge is 0.370 e. The van der Waals surface area contributed by atoms with E-state index in [1.807, 2.05) is 31.2 Å². The lowest BCUT2D eigenvalue weighted by atomic mass is 10.0. The molecule has 2 aromatic carbocycles. The van der Waals surface area contributed by atoms with Crippen molar-refractivity contribution in [2.45, 2.75) is 133 Å². The fourth-order valence-electron chi connectivity index (χ4n) is 8.26. The highest BCUT2D eigenvalue weighted by molar-refractivity contribution is 7.80. The lowest BCUT2D eigenvalue weighted by molar-refractivity contribution is -0.135. The summed E-state index contributed by atoms with van der Waals surface area (Å²) in [5, 5.41) is 22.7. The fourth-order valence-corrected chi connectivity index (χ4v) is 8.79. The first-order valence-electron chi connectivity index (χ1n) is 25.9. The Kier molecular flexibility index (Phi) is 27.0. The highest BCUT2D eigenvalue weighted by Gasteiger charge is 2.34. The smallest absolute Gasteiger partial charge is 0.244 e. The maximum absolute atomic E-state index is 14.7. The summed E-state index contributed by atoms with van der Waals surface area (Å²) in [7, 11) is 0. The van der Waals surface area contributed by atoms with Gasteiger partial charge in [0.2, 0.25) is 53.2 Å². The number of H-pyrrole nitrogens is 2. The van der Waals surface area contributed by atoms with Gasteiger partial charge in [0.05, 0.1) is 6.33 Å². The Balaban J connectivity index is 1.58. The first-order valence-corrected chi connectivity index (χ1v) is 27.2. The Bertz CT molecular complexity index is 2630. The zero-order chi connectivity index (χ0) is 57.0. The SMILES string of the molecule is CCCC[C@H](NC(C)=O)C(=O)N[C@@H](CS)C(=O)N[C@@H](Cc1cnc[nH]1)C(=O)N[C@H](Cc1ccccc1)C(=O)N[C@@H](CCCN=C(N)N)C(=O)N[C@H](Cc1c[nH]c2ccccc12)C(=O)NCCCCCC(=O)N[C@@H](CS)C(N)=O. The van der Waals surface area contributed by atoms with E-state index in [2.05, 4.69) is 87.7 Å². The number of unbranched alkanes of at least 4 members (excludes halogenated alkanes) is 3. The molecular formula is C52H75N15O9S2. The van der Waals surface area contributed by atoms with Gasteiger partial charge >= 0.3 is 0 Å². The Labute approximate surface area is 464 Å². The minimum atomic E-state index is -1.35. The fraction of sp³-hybridized carbons (Fsp3) is 0.481. The van der Waals surface area contributed by atoms with E-state index in [1.165, 1.54) is 19.4 Å². The average Bonchev–Trinajstić information content (AvgIpc) is 4.10. The number of thiol groups is 2. The highest BCUT2D eigenvalue weighted by atomic mass is 32.1. The number of guanidine groups is 1. The molecule has 424 valence electrons. The van der Waals surface area contributed by atoms with Gasteiger partial charge in [-0.3, -0.25) is 48.1 Å². The molecule has 16 N–H and O–H groups in total. The Morgan fingerprint density at radius 1 is 0.603 bits per heavy atom. The number of aromatic nitrogens is 3. The van der Waals surface area contributed by atoms with Gasteiger partial charge in [-0.25, -0.2) is 4.98 Å². The molecule has 4 aromatic rings. The summed E-state index contributed by atoms with van der Waals surface area (Å²) in [5.74, 6) is -5.96. The summed E-state index contributed by atoms with van der Waals surface area (Å²) in [6, 6.07) is 8.03. The van der Waals surface area contributed by atoms with Gasteiger partial charge in [0.1, 0.15) is 42.3 Å². The van der Waals surface area contributed by atoms with Gasteiger partial charge in [-0.05, 0) is 49.3 Å². The molecule has 26 heteroatoms. The van der Waals surface area contributed by atoms with Crippen molar-refractivity contribution in [1.82, 2.24) is 57.5 Å². The van der Waals surface area contributed by atoms with E-state index in [1.54, 1.807) is 36.5 Å². The number of imidazole rings is 1. The van der Waals surface area contributed by atoms with Crippen LogP contribution in [0, 0.1) is 0 Å². The molecule has 0 saturated heterocycles. The second-order valence-corrected chi connectivity index (χ2v) is 19.4. The second kappa shape index (κ2) is 33.5. The molecule has 0 unspecified atom stereocenters. The number of rotatable bonds is 35. The Hall–Kier alpha value is -7.61. The number of carbonyl (C=O) groups is 9. The number of carbonyl (C=O) groups excluding carboxylic acids is 9. The molecule has 0 bridgehead atoms. The van der Waals surface area contributed by atoms with E-state index in [9.17, 15) is 43.2 Å². The summed E-state index contributed by atoms with van der Waals surface area (Å²) >= 11 is 8.36. The summed E-state index contributed by atoms with van der Waals surface area (Å²) in [4.78, 5) is 135. The summed E-state index contributed by atoms with van der Waals surface area (Å²) < 4.78 is 0. The van der Waals surface area contributed by atoms with E-state index < -0.39 is 89.6 Å². The van der Waals surface area contributed by atoms with Crippen LogP contribution in [0.25, 0.3) is 10.9 Å². The van der Waals surface area contributed by atoms with Gasteiger partial charge < -0.3 is 69.7 Å². The predicted octanol–water partition coefficient (Wildman–Crippen LogP) is -0.402. The number of nitrogens with one attached hydrogen (secondary N) is 10. The van der Waals surface area contributed by atoms with Crippen molar-refractivity contribution in [2.75, 3.05) is 24.6 Å². The van der Waals surface area contributed by atoms with Crippen molar-refractivity contribution < 1.29 is 43.2 Å². The topological polar surface area (TPSA) is 385 Å². The van der Waals surface area contributed by atoms with Crippen molar-refractivity contribution >= 4 is 95.3 Å². The molecule has 0 aliphatic carbocycles. The number of nitrogens with two attached hydrogens (primary N) is 3. The van der Waals surface area contributed by atoms with Crippen molar-refractivity contribution in [3.8, 4) is 0 Å². The number of hydrogen-bond acceptors (Lipinski definition) is 13. The van der Waals surface area contributed by atoms with Gasteiger partial charge in [-0.2, -0.15) is 25.3 Å². The second-order valence-electron chi connectivity index (χ2n) is 18.7. The van der Waals surface area contributed by atoms with Crippen LogP contribution in [0.15, 0.2) is 78.3 Å². The highest BCUT2D eigenvalue weighted by Crippen LogP contribution is 2.20. The molecule has 0 saturated carbocycles. The molecule has 9 amide bonds. The standard InChI is InChI=1S/C52H75N15O9S2/c1-3-4-17-37(61-31(2)68)47(72)67-43(29-78)51(76)66-41(25-34-27-56-30-60-34)50(75)64-39(23-32-14-7-5-8-15-32)49(74)63-38(19-13-22-58-52(54)55)48(73)65-40(24-33-26-59-36-18-11-10-16-35(33)36)46(71)57-21-12-6-9-20-44(69)62-42(28-77)45(53)70/h5,7-8,10-11,14-16,18,26-27,30,37-43,59,77-78H,3-4,6,9,12-13,17,19-25,28-29H2,1-2H3,(H2,53,70)(H,56,60)(H,57,71)(H,61,68)(H,62,69)(H,63,74)(H,64,75)(H,65,73)(H,66,76)(H,67,72)(H4,54,55,58)/t37-,38-,39+,40+,41-,42-,43-/m0/s1. The van der Waals surface area contributed by atoms with Crippen LogP contribution in [0.3, 0.4) is 0 Å². The van der Waals surface area contributed by atoms with Crippen LogP contribution in [-0.4, -0.2) is 141 Å². The van der Waals surface area contributed by atoms with Crippen LogP contribution in [0.1, 0.15) is 88.5 Å². The quantitative estimate of drug-likeness (QED) is 0.0121. The number of nitrogens with zero attached hydrogens (tertiary/aromatic N) is 2. The molecule has 0 radical (unpaired) electrons. The molecule has 78 heavy (non-hydrogen) atoms. The Morgan fingerprint density at radius 3 is 1.79 bits per heavy atom. The molecule has 24 nitrogen and oxygen atoms in total. The number of amides is 9. The lowest BCUT2D eigenvalue weighted by Gasteiger charge is -2.27. The summed E-state index contributed by atoms with van der Waals surface area (Å²) in [6.07, 6.45) is 7.95. The minimum Gasteiger partial charge on any atom is -0.370 e. The maximum Gasteiger partial charge on any atom is 0.244 e. The third kappa shape index (κ3) is 21.8. The Morgan fingerprint density at radius 2 is 1.18 bits per heavy atom. The first kappa shape index (κ1) is 62.9. The summed E-state index contributed by atoms with van der Waals surface area (Å²) in [6.45, 7) is 3.50. The van der Waals surface area contributed by atoms with Crippen molar-refractivity contribution in [3.05, 3.63) is 90.1 Å². The lowest BCUT2D eigenvalue weighted by Crippen LogP contribution is -2.60. The molecule has 7 atom stereocenters. The molecule has 2 heterocycles. The number of aliphatic imine (C=N–C) groups is 1. The van der Waals surface area contributed by atoms with Gasteiger partial charge in [-0.1, -0.05) is 74.7 Å². The zero-order valence-corrected chi connectivity index (χ0v) is 45.8. The third-order valence-electron chi connectivity index (χ3n) is 12.4. The van der Waals surface area contributed by atoms with E-state index >= 15 is 0 Å². The molecule has 0 aliphatic rings. The van der Waals surface area contributed by atoms with E-state index in [4.69, 9.17) is 17.2 Å². The van der Waals surface area contributed by atoms with Gasteiger partial charge in [0.15, 0.2) is 5.96 Å². The summed E-state index contributed by atoms with van der Waals surface area (Å²) in [5.41, 5.74) is 19.1. The number of primary amides is 1. The molecule has 0 spiro atoms. The number of benzene rings is 2. The normalized spacial score (nSPS) is 13.7. The number of para-hydroxylation sites is 1. The van der Waals surface area contributed by atoms with Crippen molar-refractivity contribution in [2.24, 2.45) is 22.2 Å².